The van der Waals surface area contributed by atoms with Crippen molar-refractivity contribution in [3.63, 3.8) is 0 Å². The highest BCUT2D eigenvalue weighted by molar-refractivity contribution is 8.00. The van der Waals surface area contributed by atoms with E-state index < -0.39 is 12.1 Å². The number of esters is 1. The van der Waals surface area contributed by atoms with Gasteiger partial charge in [0.1, 0.15) is 0 Å². The van der Waals surface area contributed by atoms with Crippen LogP contribution in [-0.4, -0.2) is 23.7 Å². The Morgan fingerprint density at radius 3 is 2.50 bits per heavy atom. The third kappa shape index (κ3) is 5.91. The van der Waals surface area contributed by atoms with Gasteiger partial charge in [0.2, 0.25) is 0 Å². The highest BCUT2D eigenvalue weighted by atomic mass is 35.5. The number of amides is 1. The summed E-state index contributed by atoms with van der Waals surface area (Å²) in [5.41, 5.74) is 0.811. The molecule has 0 radical (unpaired) electrons. The van der Waals surface area contributed by atoms with Gasteiger partial charge in [-0.15, -0.1) is 11.8 Å². The van der Waals surface area contributed by atoms with Crippen molar-refractivity contribution in [3.8, 4) is 0 Å². The number of thioether (sulfide) groups is 1. The van der Waals surface area contributed by atoms with Crippen LogP contribution in [0.5, 0.6) is 0 Å². The van der Waals surface area contributed by atoms with Crippen LogP contribution in [0.25, 0.3) is 0 Å². The molecule has 0 unspecified atom stereocenters. The van der Waals surface area contributed by atoms with Gasteiger partial charge in [-0.05, 0) is 30.7 Å². The van der Waals surface area contributed by atoms with Crippen LogP contribution in [0.4, 0.5) is 0 Å². The van der Waals surface area contributed by atoms with E-state index in [-0.39, 0.29) is 11.7 Å². The van der Waals surface area contributed by atoms with Gasteiger partial charge < -0.3 is 10.1 Å². The molecule has 2 rings (SSSR count). The minimum Gasteiger partial charge on any atom is -0.452 e. The van der Waals surface area contributed by atoms with Gasteiger partial charge in [0.25, 0.3) is 5.91 Å². The maximum absolute atomic E-state index is 12.0. The molecule has 2 aromatic carbocycles. The minimum atomic E-state index is -0.851. The molecule has 0 bridgehead atoms. The average Bonchev–Trinajstić information content (AvgIpc) is 2.60. The van der Waals surface area contributed by atoms with Crippen molar-refractivity contribution in [3.05, 3.63) is 65.2 Å². The van der Waals surface area contributed by atoms with E-state index >= 15 is 0 Å². The van der Waals surface area contributed by atoms with Crippen molar-refractivity contribution in [2.45, 2.75) is 24.5 Å². The number of carbonyl (C=O) groups excluding carboxylic acids is 2. The third-order valence-corrected chi connectivity index (χ3v) is 4.54. The quantitative estimate of drug-likeness (QED) is 0.602. The van der Waals surface area contributed by atoms with Crippen molar-refractivity contribution in [1.82, 2.24) is 5.32 Å². The first-order valence-corrected chi connectivity index (χ1v) is 8.81. The maximum atomic E-state index is 12.0. The van der Waals surface area contributed by atoms with Crippen molar-refractivity contribution in [2.24, 2.45) is 0 Å². The van der Waals surface area contributed by atoms with Gasteiger partial charge >= 0.3 is 5.97 Å². The monoisotopic (exact) mass is 363 g/mol. The fourth-order valence-corrected chi connectivity index (χ4v) is 2.82. The molecule has 24 heavy (non-hydrogen) atoms. The Labute approximate surface area is 150 Å². The number of ether oxygens (including phenoxy) is 1. The first-order chi connectivity index (χ1) is 11.6. The minimum absolute atomic E-state index is 0.159. The summed E-state index contributed by atoms with van der Waals surface area (Å²) in [6.45, 7) is 1.84. The Morgan fingerprint density at radius 1 is 1.12 bits per heavy atom. The number of rotatable bonds is 7. The fourth-order valence-electron chi connectivity index (χ4n) is 1.91. The highest BCUT2D eigenvalue weighted by Crippen LogP contribution is 2.17. The van der Waals surface area contributed by atoms with Crippen LogP contribution in [0.1, 0.15) is 12.5 Å². The van der Waals surface area contributed by atoms with E-state index in [1.54, 1.807) is 13.0 Å². The second-order valence-electron chi connectivity index (χ2n) is 5.04. The molecule has 0 spiro atoms. The van der Waals surface area contributed by atoms with Crippen molar-refractivity contribution in [1.29, 1.82) is 0 Å². The number of hydrogen-bond donors (Lipinski definition) is 1. The summed E-state index contributed by atoms with van der Waals surface area (Å²) in [5, 5.41) is 3.30. The molecular weight excluding hydrogens is 346 g/mol. The standard InChI is InChI=1S/C18H18ClNO3S/c1-13(18(22)20-11-14-7-5-6-10-16(14)19)23-17(21)12-24-15-8-3-2-4-9-15/h2-10,13H,11-12H2,1H3,(H,20,22)/t13-/m1/s1. The van der Waals surface area contributed by atoms with Crippen LogP contribution in [-0.2, 0) is 20.9 Å². The molecule has 0 heterocycles. The van der Waals surface area contributed by atoms with E-state index in [0.29, 0.717) is 11.6 Å². The van der Waals surface area contributed by atoms with Gasteiger partial charge in [-0.25, -0.2) is 0 Å². The lowest BCUT2D eigenvalue weighted by Crippen LogP contribution is -2.35. The van der Waals surface area contributed by atoms with Crippen LogP contribution in [0, 0.1) is 0 Å². The molecule has 0 saturated heterocycles. The molecule has 1 amide bonds. The third-order valence-electron chi connectivity index (χ3n) is 3.19. The Hall–Kier alpha value is -1.98. The van der Waals surface area contributed by atoms with Crippen molar-refractivity contribution >= 4 is 35.2 Å². The Bertz CT molecular complexity index is 694. The van der Waals surface area contributed by atoms with E-state index in [9.17, 15) is 9.59 Å². The molecule has 1 N–H and O–H groups in total. The molecule has 1 atom stereocenters. The summed E-state index contributed by atoms with van der Waals surface area (Å²) in [6, 6.07) is 16.8. The van der Waals surface area contributed by atoms with Gasteiger partial charge in [0, 0.05) is 16.5 Å². The summed E-state index contributed by atoms with van der Waals surface area (Å²) >= 11 is 7.40. The zero-order chi connectivity index (χ0) is 17.4. The van der Waals surface area contributed by atoms with Gasteiger partial charge in [-0.3, -0.25) is 9.59 Å². The van der Waals surface area contributed by atoms with Crippen LogP contribution in [0.2, 0.25) is 5.02 Å². The first kappa shape index (κ1) is 18.4. The summed E-state index contributed by atoms with van der Waals surface area (Å²) < 4.78 is 5.15. The zero-order valence-electron chi connectivity index (χ0n) is 13.2. The lowest BCUT2D eigenvalue weighted by atomic mass is 10.2. The summed E-state index contributed by atoms with van der Waals surface area (Å²) in [6.07, 6.45) is -0.851. The van der Waals surface area contributed by atoms with Crippen LogP contribution < -0.4 is 5.32 Å². The first-order valence-electron chi connectivity index (χ1n) is 7.44. The Balaban J connectivity index is 1.74. The van der Waals surface area contributed by atoms with Crippen LogP contribution >= 0.6 is 23.4 Å². The van der Waals surface area contributed by atoms with Gasteiger partial charge in [0.05, 0.1) is 5.75 Å². The van der Waals surface area contributed by atoms with Crippen LogP contribution in [0.3, 0.4) is 0 Å². The summed E-state index contributed by atoms with van der Waals surface area (Å²) in [5.74, 6) is -0.621. The number of carbonyl (C=O) groups is 2. The summed E-state index contributed by atoms with van der Waals surface area (Å²) in [4.78, 5) is 24.8. The lowest BCUT2D eigenvalue weighted by molar-refractivity contribution is -0.152. The predicted molar refractivity (Wildman–Crippen MR) is 96.0 cm³/mol. The molecule has 0 fully saturated rings. The van der Waals surface area contributed by atoms with Gasteiger partial charge in [-0.2, -0.15) is 0 Å². The van der Waals surface area contributed by atoms with Crippen molar-refractivity contribution < 1.29 is 14.3 Å². The molecule has 0 aliphatic heterocycles. The van der Waals surface area contributed by atoms with Crippen molar-refractivity contribution in [2.75, 3.05) is 5.75 Å². The topological polar surface area (TPSA) is 55.4 Å². The Morgan fingerprint density at radius 2 is 1.79 bits per heavy atom. The zero-order valence-corrected chi connectivity index (χ0v) is 14.8. The molecule has 6 heteroatoms. The van der Waals surface area contributed by atoms with Gasteiger partial charge in [0.15, 0.2) is 6.10 Å². The summed E-state index contributed by atoms with van der Waals surface area (Å²) in [7, 11) is 0. The number of halogens is 1. The molecular formula is C18H18ClNO3S. The number of nitrogens with one attached hydrogen (secondary N) is 1. The average molecular weight is 364 g/mol. The molecule has 0 saturated carbocycles. The molecule has 4 nitrogen and oxygen atoms in total. The smallest absolute Gasteiger partial charge is 0.317 e. The molecule has 0 aromatic heterocycles. The Kier molecular flexibility index (Phi) is 7.15. The number of hydrogen-bond acceptors (Lipinski definition) is 4. The maximum Gasteiger partial charge on any atom is 0.317 e. The largest absolute Gasteiger partial charge is 0.452 e. The highest BCUT2D eigenvalue weighted by Gasteiger charge is 2.17. The molecule has 0 aliphatic carbocycles. The predicted octanol–water partition coefficient (Wildman–Crippen LogP) is 3.68. The molecule has 126 valence electrons. The SMILES string of the molecule is C[C@@H](OC(=O)CSc1ccccc1)C(=O)NCc1ccccc1Cl. The van der Waals surface area contributed by atoms with E-state index in [2.05, 4.69) is 5.32 Å². The van der Waals surface area contributed by atoms with E-state index in [1.165, 1.54) is 11.8 Å². The van der Waals surface area contributed by atoms with E-state index in [1.807, 2.05) is 48.5 Å². The van der Waals surface area contributed by atoms with E-state index in [0.717, 1.165) is 10.5 Å². The van der Waals surface area contributed by atoms with Gasteiger partial charge in [-0.1, -0.05) is 48.0 Å². The normalized spacial score (nSPS) is 11.6. The van der Waals surface area contributed by atoms with E-state index in [4.69, 9.17) is 16.3 Å². The number of benzene rings is 2. The van der Waals surface area contributed by atoms with Crippen LogP contribution in [0.15, 0.2) is 59.5 Å². The molecule has 2 aromatic rings. The molecule has 0 aliphatic rings. The lowest BCUT2D eigenvalue weighted by Gasteiger charge is -2.14. The second-order valence-corrected chi connectivity index (χ2v) is 6.50. The fraction of sp³-hybridized carbons (Fsp3) is 0.222. The second kappa shape index (κ2) is 9.35.